The predicted octanol–water partition coefficient (Wildman–Crippen LogP) is 0.776. The van der Waals surface area contributed by atoms with Crippen LogP contribution in [0.2, 0.25) is 0 Å². The Morgan fingerprint density at radius 3 is 2.29 bits per heavy atom. The molecule has 4 N–H and O–H groups in total. The first-order chi connectivity index (χ1) is 7.61. The molecule has 0 saturated carbocycles. The standard InChI is InChI=1S/C9H16N2O5S/c1-9(2,3)16-8(15)11-5(6(12)13)4-17-7(10)14/h5H,4H2,1-3H3,(H2,10,14)(H,11,15)(H,12,13)/t5-/m0/s1. The molecular formula is C9H16N2O5S. The zero-order valence-corrected chi connectivity index (χ0v) is 10.7. The van der Waals surface area contributed by atoms with Crippen molar-refractivity contribution in [2.75, 3.05) is 5.75 Å². The number of nitrogens with two attached hydrogens (primary N) is 1. The summed E-state index contributed by atoms with van der Waals surface area (Å²) in [6.07, 6.45) is -0.852. The lowest BCUT2D eigenvalue weighted by molar-refractivity contribution is -0.138. The summed E-state index contributed by atoms with van der Waals surface area (Å²) in [5.41, 5.74) is 4.14. The predicted molar refractivity (Wildman–Crippen MR) is 62.8 cm³/mol. The van der Waals surface area contributed by atoms with Gasteiger partial charge in [0.1, 0.15) is 11.6 Å². The van der Waals surface area contributed by atoms with E-state index in [0.717, 1.165) is 0 Å². The van der Waals surface area contributed by atoms with Gasteiger partial charge in [0.25, 0.3) is 5.24 Å². The number of rotatable bonds is 4. The van der Waals surface area contributed by atoms with E-state index in [0.29, 0.717) is 11.8 Å². The molecule has 8 heteroatoms. The van der Waals surface area contributed by atoms with Crippen LogP contribution in [-0.4, -0.2) is 39.8 Å². The highest BCUT2D eigenvalue weighted by Crippen LogP contribution is 2.08. The summed E-state index contributed by atoms with van der Waals surface area (Å²) in [5.74, 6) is -1.41. The molecule has 17 heavy (non-hydrogen) atoms. The molecular weight excluding hydrogens is 248 g/mol. The van der Waals surface area contributed by atoms with Crippen LogP contribution < -0.4 is 11.1 Å². The van der Waals surface area contributed by atoms with Crippen molar-refractivity contribution in [3.8, 4) is 0 Å². The van der Waals surface area contributed by atoms with Crippen LogP contribution in [0.3, 0.4) is 0 Å². The molecule has 2 amide bonds. The molecule has 0 aromatic heterocycles. The number of carbonyl (C=O) groups excluding carboxylic acids is 2. The second-order valence-corrected chi connectivity index (χ2v) is 5.19. The Hall–Kier alpha value is -1.44. The van der Waals surface area contributed by atoms with E-state index in [4.69, 9.17) is 15.6 Å². The fourth-order valence-electron chi connectivity index (χ4n) is 0.790. The van der Waals surface area contributed by atoms with Gasteiger partial charge in [0.2, 0.25) is 0 Å². The van der Waals surface area contributed by atoms with Crippen LogP contribution in [0.4, 0.5) is 9.59 Å². The van der Waals surface area contributed by atoms with Crippen molar-refractivity contribution >= 4 is 29.1 Å². The number of carbonyl (C=O) groups is 3. The molecule has 0 fully saturated rings. The summed E-state index contributed by atoms with van der Waals surface area (Å²) >= 11 is 0.615. The minimum absolute atomic E-state index is 0.149. The van der Waals surface area contributed by atoms with Crippen LogP contribution in [0.25, 0.3) is 0 Å². The van der Waals surface area contributed by atoms with Crippen molar-refractivity contribution in [1.82, 2.24) is 5.32 Å². The van der Waals surface area contributed by atoms with Crippen molar-refractivity contribution in [3.63, 3.8) is 0 Å². The maximum Gasteiger partial charge on any atom is 0.408 e. The minimum Gasteiger partial charge on any atom is -0.480 e. The summed E-state index contributed by atoms with van der Waals surface area (Å²) in [6, 6.07) is -1.22. The third-order valence-electron chi connectivity index (χ3n) is 1.38. The zero-order valence-electron chi connectivity index (χ0n) is 9.85. The van der Waals surface area contributed by atoms with Gasteiger partial charge in [-0.25, -0.2) is 9.59 Å². The van der Waals surface area contributed by atoms with Gasteiger partial charge < -0.3 is 20.9 Å². The molecule has 7 nitrogen and oxygen atoms in total. The molecule has 0 saturated heterocycles. The fourth-order valence-corrected chi connectivity index (χ4v) is 1.35. The summed E-state index contributed by atoms with van der Waals surface area (Å²) in [6.45, 7) is 4.96. The smallest absolute Gasteiger partial charge is 0.408 e. The number of nitrogens with one attached hydrogen (secondary N) is 1. The highest BCUT2D eigenvalue weighted by atomic mass is 32.2. The van der Waals surface area contributed by atoms with E-state index >= 15 is 0 Å². The first-order valence-electron chi connectivity index (χ1n) is 4.76. The third-order valence-corrected chi connectivity index (χ3v) is 2.17. The first kappa shape index (κ1) is 15.6. The Kier molecular flexibility index (Phi) is 5.80. The van der Waals surface area contributed by atoms with E-state index in [1.165, 1.54) is 0 Å². The number of alkyl carbamates (subject to hydrolysis) is 1. The molecule has 0 rings (SSSR count). The number of hydrogen-bond acceptors (Lipinski definition) is 5. The number of amides is 2. The Labute approximate surface area is 103 Å². The van der Waals surface area contributed by atoms with Gasteiger partial charge >= 0.3 is 12.1 Å². The normalized spacial score (nSPS) is 12.6. The van der Waals surface area contributed by atoms with Crippen molar-refractivity contribution in [1.29, 1.82) is 0 Å². The Morgan fingerprint density at radius 2 is 1.94 bits per heavy atom. The van der Waals surface area contributed by atoms with E-state index in [-0.39, 0.29) is 5.75 Å². The number of aliphatic carboxylic acids is 1. The summed E-state index contributed by atoms with van der Waals surface area (Å²) in [5, 5.41) is 10.2. The number of carboxylic acid groups (broad SMARTS) is 1. The number of thioether (sulfide) groups is 1. The van der Waals surface area contributed by atoms with E-state index in [9.17, 15) is 14.4 Å². The highest BCUT2D eigenvalue weighted by molar-refractivity contribution is 8.13. The van der Waals surface area contributed by atoms with Gasteiger partial charge in [-0.3, -0.25) is 4.79 Å². The van der Waals surface area contributed by atoms with Gasteiger partial charge in [0.15, 0.2) is 0 Å². The maximum absolute atomic E-state index is 11.3. The molecule has 0 heterocycles. The molecule has 0 aliphatic carbocycles. The zero-order chi connectivity index (χ0) is 13.6. The van der Waals surface area contributed by atoms with E-state index in [2.05, 4.69) is 5.32 Å². The summed E-state index contributed by atoms with van der Waals surface area (Å²) in [7, 11) is 0. The van der Waals surface area contributed by atoms with Gasteiger partial charge in [-0.05, 0) is 20.8 Å². The molecule has 0 bridgehead atoms. The monoisotopic (exact) mass is 264 g/mol. The number of carboxylic acids is 1. The van der Waals surface area contributed by atoms with Crippen LogP contribution in [0.5, 0.6) is 0 Å². The van der Waals surface area contributed by atoms with Crippen molar-refractivity contribution in [2.24, 2.45) is 5.73 Å². The molecule has 0 aromatic carbocycles. The molecule has 0 aliphatic heterocycles. The minimum atomic E-state index is -1.26. The second-order valence-electron chi connectivity index (χ2n) is 4.17. The first-order valence-corrected chi connectivity index (χ1v) is 5.75. The average Bonchev–Trinajstić information content (AvgIpc) is 2.08. The van der Waals surface area contributed by atoms with Gasteiger partial charge in [-0.1, -0.05) is 11.8 Å². The molecule has 98 valence electrons. The van der Waals surface area contributed by atoms with Gasteiger partial charge in [0, 0.05) is 5.75 Å². The molecule has 0 spiro atoms. The van der Waals surface area contributed by atoms with Crippen LogP contribution in [0.15, 0.2) is 0 Å². The Balaban J connectivity index is 4.30. The quantitative estimate of drug-likeness (QED) is 0.690. The summed E-state index contributed by atoms with van der Waals surface area (Å²) in [4.78, 5) is 32.6. The van der Waals surface area contributed by atoms with Crippen LogP contribution in [0.1, 0.15) is 20.8 Å². The molecule has 1 atom stereocenters. The number of primary amides is 1. The third kappa shape index (κ3) is 8.38. The maximum atomic E-state index is 11.3. The Morgan fingerprint density at radius 1 is 1.41 bits per heavy atom. The molecule has 0 unspecified atom stereocenters. The molecule has 0 aromatic rings. The SMILES string of the molecule is CC(C)(C)OC(=O)N[C@@H](CSC(N)=O)C(=O)O. The molecule has 0 aliphatic rings. The van der Waals surface area contributed by atoms with Crippen LogP contribution in [0, 0.1) is 0 Å². The lowest BCUT2D eigenvalue weighted by atomic mass is 10.2. The largest absolute Gasteiger partial charge is 0.480 e. The van der Waals surface area contributed by atoms with Gasteiger partial charge in [0.05, 0.1) is 0 Å². The highest BCUT2D eigenvalue weighted by Gasteiger charge is 2.24. The summed E-state index contributed by atoms with van der Waals surface area (Å²) < 4.78 is 4.89. The molecule has 0 radical (unpaired) electrons. The Bertz CT molecular complexity index is 313. The van der Waals surface area contributed by atoms with E-state index in [1.807, 2.05) is 0 Å². The van der Waals surface area contributed by atoms with E-state index < -0.39 is 28.9 Å². The van der Waals surface area contributed by atoms with Crippen LogP contribution in [-0.2, 0) is 9.53 Å². The number of hydrogen-bond donors (Lipinski definition) is 3. The lowest BCUT2D eigenvalue weighted by Crippen LogP contribution is -2.45. The van der Waals surface area contributed by atoms with Gasteiger partial charge in [-0.2, -0.15) is 0 Å². The topological polar surface area (TPSA) is 119 Å². The second kappa shape index (κ2) is 6.33. The van der Waals surface area contributed by atoms with Gasteiger partial charge in [-0.15, -0.1) is 0 Å². The van der Waals surface area contributed by atoms with E-state index in [1.54, 1.807) is 20.8 Å². The van der Waals surface area contributed by atoms with Crippen molar-refractivity contribution in [2.45, 2.75) is 32.4 Å². The average molecular weight is 264 g/mol. The number of ether oxygens (including phenoxy) is 1. The lowest BCUT2D eigenvalue weighted by Gasteiger charge is -2.21. The van der Waals surface area contributed by atoms with Crippen molar-refractivity contribution in [3.05, 3.63) is 0 Å². The van der Waals surface area contributed by atoms with Crippen LogP contribution >= 0.6 is 11.8 Å². The van der Waals surface area contributed by atoms with Crippen molar-refractivity contribution < 1.29 is 24.2 Å². The fraction of sp³-hybridized carbons (Fsp3) is 0.667.